The number of nitrogens with one attached hydrogen (secondary N) is 2. The van der Waals surface area contributed by atoms with Gasteiger partial charge in [0, 0.05) is 26.9 Å². The van der Waals surface area contributed by atoms with Gasteiger partial charge in [0.25, 0.3) is 0 Å². The molecule has 0 aliphatic rings. The quantitative estimate of drug-likeness (QED) is 0.560. The normalized spacial score (nSPS) is 10.8. The highest BCUT2D eigenvalue weighted by atomic mass is 35.5. The summed E-state index contributed by atoms with van der Waals surface area (Å²) in [5, 5.41) is 11.2. The zero-order valence-electron chi connectivity index (χ0n) is 11.4. The first-order valence-electron chi connectivity index (χ1n) is 6.33. The average Bonchev–Trinajstić information content (AvgIpc) is 2.85. The summed E-state index contributed by atoms with van der Waals surface area (Å²) in [6, 6.07) is 8.51. The van der Waals surface area contributed by atoms with E-state index in [-0.39, 0.29) is 5.95 Å². The van der Waals surface area contributed by atoms with Crippen LogP contribution in [0.5, 0.6) is 0 Å². The second-order valence-electron chi connectivity index (χ2n) is 4.61. The lowest BCUT2D eigenvalue weighted by Crippen LogP contribution is -1.94. The summed E-state index contributed by atoms with van der Waals surface area (Å²) >= 11 is 24.9. The summed E-state index contributed by atoms with van der Waals surface area (Å²) in [6.07, 6.45) is 0. The zero-order chi connectivity index (χ0) is 16.6. The first kappa shape index (κ1) is 16.2. The van der Waals surface area contributed by atoms with Gasteiger partial charge in [-0.1, -0.05) is 52.5 Å². The second kappa shape index (κ2) is 6.45. The minimum atomic E-state index is 0.203. The molecular weight excluding hydrogens is 380 g/mol. The number of nitrogen functional groups attached to an aromatic ring is 1. The van der Waals surface area contributed by atoms with Crippen molar-refractivity contribution in [3.05, 3.63) is 50.4 Å². The summed E-state index contributed by atoms with van der Waals surface area (Å²) < 4.78 is 0. The van der Waals surface area contributed by atoms with Crippen molar-refractivity contribution >= 4 is 64.0 Å². The zero-order valence-corrected chi connectivity index (χ0v) is 14.4. The van der Waals surface area contributed by atoms with Crippen molar-refractivity contribution in [2.24, 2.45) is 0 Å². The molecule has 5 nitrogen and oxygen atoms in total. The Morgan fingerprint density at radius 3 is 2.22 bits per heavy atom. The van der Waals surface area contributed by atoms with E-state index < -0.39 is 0 Å². The van der Waals surface area contributed by atoms with E-state index in [9.17, 15) is 0 Å². The molecule has 0 aliphatic heterocycles. The number of hydrogen-bond acceptors (Lipinski definition) is 4. The van der Waals surface area contributed by atoms with Crippen LogP contribution in [0.25, 0.3) is 11.1 Å². The largest absolute Gasteiger partial charge is 0.368 e. The molecule has 3 rings (SSSR count). The lowest BCUT2D eigenvalue weighted by atomic mass is 10.0. The van der Waals surface area contributed by atoms with Gasteiger partial charge in [0.05, 0.1) is 10.0 Å². The lowest BCUT2D eigenvalue weighted by Gasteiger charge is -2.12. The van der Waals surface area contributed by atoms with Crippen molar-refractivity contribution in [3.63, 3.8) is 0 Å². The van der Waals surface area contributed by atoms with Crippen molar-refractivity contribution in [3.8, 4) is 11.1 Å². The predicted molar refractivity (Wildman–Crippen MR) is 96.0 cm³/mol. The van der Waals surface area contributed by atoms with Crippen LogP contribution in [0.15, 0.2) is 30.3 Å². The van der Waals surface area contributed by atoms with Crippen LogP contribution in [-0.4, -0.2) is 15.2 Å². The van der Waals surface area contributed by atoms with Gasteiger partial charge in [-0.25, -0.2) is 5.10 Å². The number of aromatic nitrogens is 3. The molecule has 0 fully saturated rings. The molecule has 0 saturated carbocycles. The average molecular weight is 389 g/mol. The minimum Gasteiger partial charge on any atom is -0.368 e. The van der Waals surface area contributed by atoms with Gasteiger partial charge in [-0.3, -0.25) is 0 Å². The number of anilines is 3. The van der Waals surface area contributed by atoms with Crippen LogP contribution in [0.2, 0.25) is 20.1 Å². The van der Waals surface area contributed by atoms with E-state index >= 15 is 0 Å². The summed E-state index contributed by atoms with van der Waals surface area (Å²) in [5.41, 5.74) is 7.41. The molecule has 0 atom stereocenters. The summed E-state index contributed by atoms with van der Waals surface area (Å²) in [6.45, 7) is 0. The molecule has 9 heteroatoms. The molecule has 2 aromatic carbocycles. The van der Waals surface area contributed by atoms with Crippen LogP contribution >= 0.6 is 46.4 Å². The molecule has 0 spiro atoms. The Kier molecular flexibility index (Phi) is 4.55. The molecule has 0 bridgehead atoms. The van der Waals surface area contributed by atoms with Crippen LogP contribution < -0.4 is 11.1 Å². The first-order chi connectivity index (χ1) is 10.9. The molecule has 1 heterocycles. The van der Waals surface area contributed by atoms with E-state index in [1.54, 1.807) is 30.3 Å². The monoisotopic (exact) mass is 387 g/mol. The number of nitrogens with two attached hydrogens (primary N) is 1. The van der Waals surface area contributed by atoms with E-state index in [1.165, 1.54) is 0 Å². The van der Waals surface area contributed by atoms with Gasteiger partial charge in [0.2, 0.25) is 11.9 Å². The maximum atomic E-state index is 6.36. The van der Waals surface area contributed by atoms with Gasteiger partial charge in [0.1, 0.15) is 0 Å². The molecule has 23 heavy (non-hydrogen) atoms. The summed E-state index contributed by atoms with van der Waals surface area (Å²) in [5.74, 6) is 0.515. The van der Waals surface area contributed by atoms with Gasteiger partial charge < -0.3 is 11.1 Å². The molecule has 0 unspecified atom stereocenters. The van der Waals surface area contributed by atoms with E-state index in [0.717, 1.165) is 0 Å². The molecule has 0 amide bonds. The van der Waals surface area contributed by atoms with Crippen molar-refractivity contribution in [1.29, 1.82) is 0 Å². The summed E-state index contributed by atoms with van der Waals surface area (Å²) in [7, 11) is 0. The molecule has 3 aromatic rings. The first-order valence-corrected chi connectivity index (χ1v) is 7.84. The Labute approximate surface area is 151 Å². The highest BCUT2D eigenvalue weighted by Crippen LogP contribution is 2.41. The van der Waals surface area contributed by atoms with Crippen molar-refractivity contribution in [1.82, 2.24) is 15.2 Å². The van der Waals surface area contributed by atoms with Crippen LogP contribution in [0.3, 0.4) is 0 Å². The van der Waals surface area contributed by atoms with Crippen molar-refractivity contribution in [2.75, 3.05) is 11.1 Å². The van der Waals surface area contributed by atoms with Crippen LogP contribution in [0.1, 0.15) is 0 Å². The predicted octanol–water partition coefficient (Wildman–Crippen LogP) is 5.41. The number of halogens is 4. The topological polar surface area (TPSA) is 79.6 Å². The molecule has 0 saturated heterocycles. The Morgan fingerprint density at radius 2 is 1.65 bits per heavy atom. The fourth-order valence-electron chi connectivity index (χ4n) is 2.05. The van der Waals surface area contributed by atoms with Crippen LogP contribution in [0.4, 0.5) is 17.6 Å². The van der Waals surface area contributed by atoms with E-state index in [4.69, 9.17) is 52.1 Å². The van der Waals surface area contributed by atoms with Crippen molar-refractivity contribution < 1.29 is 0 Å². The third-order valence-electron chi connectivity index (χ3n) is 3.00. The van der Waals surface area contributed by atoms with Crippen molar-refractivity contribution in [2.45, 2.75) is 0 Å². The number of H-pyrrole nitrogens is 1. The molecule has 118 valence electrons. The Bertz CT molecular complexity index is 854. The second-order valence-corrected chi connectivity index (χ2v) is 6.27. The molecule has 4 N–H and O–H groups in total. The molecular formula is C14H9Cl4N5. The minimum absolute atomic E-state index is 0.203. The smallest absolute Gasteiger partial charge is 0.248 e. The standard InChI is InChI=1S/C14H9Cl4N5/c15-6-1-2-8(9(16)3-6)12-10(17)4-7(5-11(12)18)20-14-21-13(19)22-23-14/h1-5H,(H4,19,20,21,22,23). The van der Waals surface area contributed by atoms with Gasteiger partial charge in [0.15, 0.2) is 0 Å². The fourth-order valence-corrected chi connectivity index (χ4v) is 3.25. The highest BCUT2D eigenvalue weighted by Gasteiger charge is 2.14. The maximum Gasteiger partial charge on any atom is 0.248 e. The highest BCUT2D eigenvalue weighted by molar-refractivity contribution is 6.42. The van der Waals surface area contributed by atoms with Gasteiger partial charge in [-0.2, -0.15) is 4.98 Å². The maximum absolute atomic E-state index is 6.36. The van der Waals surface area contributed by atoms with E-state index in [2.05, 4.69) is 20.5 Å². The lowest BCUT2D eigenvalue weighted by molar-refractivity contribution is 1.10. The Hall–Kier alpha value is -1.66. The van der Waals surface area contributed by atoms with Crippen LogP contribution in [0, 0.1) is 0 Å². The number of benzene rings is 2. The molecule has 0 aliphatic carbocycles. The van der Waals surface area contributed by atoms with Crippen LogP contribution in [-0.2, 0) is 0 Å². The van der Waals surface area contributed by atoms with E-state index in [0.29, 0.717) is 42.9 Å². The molecule has 1 aromatic heterocycles. The third kappa shape index (κ3) is 3.48. The Morgan fingerprint density at radius 1 is 0.957 bits per heavy atom. The molecule has 0 radical (unpaired) electrons. The van der Waals surface area contributed by atoms with Gasteiger partial charge in [-0.15, -0.1) is 5.10 Å². The number of hydrogen-bond donors (Lipinski definition) is 3. The number of rotatable bonds is 3. The number of aromatic amines is 1. The number of nitrogens with zero attached hydrogens (tertiary/aromatic N) is 2. The third-order valence-corrected chi connectivity index (χ3v) is 4.15. The fraction of sp³-hybridized carbons (Fsp3) is 0. The van der Waals surface area contributed by atoms with Gasteiger partial charge in [-0.05, 0) is 24.3 Å². The SMILES string of the molecule is Nc1nc(Nc2cc(Cl)c(-c3ccc(Cl)cc3Cl)c(Cl)c2)n[nH]1. The Balaban J connectivity index is 2.00. The van der Waals surface area contributed by atoms with E-state index in [1.807, 2.05) is 0 Å². The van der Waals surface area contributed by atoms with Gasteiger partial charge >= 0.3 is 0 Å². The summed E-state index contributed by atoms with van der Waals surface area (Å²) in [4.78, 5) is 3.95.